The third-order valence-electron chi connectivity index (χ3n) is 2.73. The molecular weight excluding hydrogens is 166 g/mol. The van der Waals surface area contributed by atoms with Gasteiger partial charge in [-0.15, -0.1) is 0 Å². The fraction of sp³-hybridized carbons (Fsp3) is 0.900. The van der Waals surface area contributed by atoms with Gasteiger partial charge in [0.1, 0.15) is 0 Å². The lowest BCUT2D eigenvalue weighted by Gasteiger charge is -2.35. The first-order chi connectivity index (χ1) is 6.25. The molecule has 3 heteroatoms. The van der Waals surface area contributed by atoms with Crippen LogP contribution in [0.15, 0.2) is 0 Å². The summed E-state index contributed by atoms with van der Waals surface area (Å²) >= 11 is 0. The maximum atomic E-state index is 7.04. The molecule has 0 aliphatic carbocycles. The highest BCUT2D eigenvalue weighted by Crippen LogP contribution is 2.30. The zero-order chi connectivity index (χ0) is 9.73. The molecule has 1 rings (SSSR count). The molecule has 2 unspecified atom stereocenters. The van der Waals surface area contributed by atoms with Crippen molar-refractivity contribution < 1.29 is 9.47 Å². The predicted octanol–water partition coefficient (Wildman–Crippen LogP) is 1.88. The second-order valence-corrected chi connectivity index (χ2v) is 3.61. The van der Waals surface area contributed by atoms with Gasteiger partial charge in [-0.1, -0.05) is 0 Å². The van der Waals surface area contributed by atoms with E-state index in [4.69, 9.17) is 16.0 Å². The van der Waals surface area contributed by atoms with Crippen molar-refractivity contribution in [1.82, 2.24) is 0 Å². The molecule has 1 aliphatic heterocycles. The van der Waals surface area contributed by atoms with E-state index in [0.717, 1.165) is 25.9 Å². The van der Waals surface area contributed by atoms with Crippen LogP contribution in [0.25, 0.3) is 4.85 Å². The van der Waals surface area contributed by atoms with Crippen molar-refractivity contribution in [1.29, 1.82) is 0 Å². The van der Waals surface area contributed by atoms with Gasteiger partial charge in [0.25, 0.3) is 6.04 Å². The van der Waals surface area contributed by atoms with Crippen molar-refractivity contribution in [3.8, 4) is 0 Å². The molecule has 0 spiro atoms. The summed E-state index contributed by atoms with van der Waals surface area (Å²) in [5, 5.41) is 0. The first-order valence-electron chi connectivity index (χ1n) is 4.74. The van der Waals surface area contributed by atoms with E-state index >= 15 is 0 Å². The number of hydrogen-bond donors (Lipinski definition) is 0. The second-order valence-electron chi connectivity index (χ2n) is 3.61. The Morgan fingerprint density at radius 2 is 2.38 bits per heavy atom. The summed E-state index contributed by atoms with van der Waals surface area (Å²) in [6.07, 6.45) is 3.20. The first-order valence-corrected chi connectivity index (χ1v) is 4.74. The van der Waals surface area contributed by atoms with Crippen molar-refractivity contribution in [3.63, 3.8) is 0 Å². The molecular formula is C10H17NO2. The summed E-state index contributed by atoms with van der Waals surface area (Å²) in [4.78, 5) is 3.55. The largest absolute Gasteiger partial charge is 0.381 e. The van der Waals surface area contributed by atoms with Crippen LogP contribution in [-0.4, -0.2) is 32.0 Å². The smallest absolute Gasteiger partial charge is 0.251 e. The molecule has 0 N–H and O–H groups in total. The van der Waals surface area contributed by atoms with Crippen molar-refractivity contribution >= 4 is 0 Å². The van der Waals surface area contributed by atoms with Crippen LogP contribution in [0.5, 0.6) is 0 Å². The van der Waals surface area contributed by atoms with Gasteiger partial charge in [-0.2, -0.15) is 0 Å². The molecule has 1 aliphatic rings. The number of rotatable bonds is 3. The van der Waals surface area contributed by atoms with E-state index in [-0.39, 0.29) is 11.6 Å². The van der Waals surface area contributed by atoms with E-state index in [1.807, 2.05) is 6.92 Å². The van der Waals surface area contributed by atoms with Gasteiger partial charge in [0.15, 0.2) is 5.60 Å². The quantitative estimate of drug-likeness (QED) is 0.623. The first kappa shape index (κ1) is 10.5. The lowest BCUT2D eigenvalue weighted by Crippen LogP contribution is -2.48. The monoisotopic (exact) mass is 183 g/mol. The Bertz CT molecular complexity index is 186. The molecule has 3 nitrogen and oxygen atoms in total. The Morgan fingerprint density at radius 1 is 1.62 bits per heavy atom. The molecule has 1 saturated heterocycles. The van der Waals surface area contributed by atoms with Gasteiger partial charge < -0.3 is 14.3 Å². The van der Waals surface area contributed by atoms with Crippen molar-refractivity contribution in [2.75, 3.05) is 20.3 Å². The van der Waals surface area contributed by atoms with E-state index in [0.29, 0.717) is 6.61 Å². The average Bonchev–Trinajstić information content (AvgIpc) is 2.18. The maximum Gasteiger partial charge on any atom is 0.251 e. The fourth-order valence-electron chi connectivity index (χ4n) is 1.80. The van der Waals surface area contributed by atoms with Crippen molar-refractivity contribution in [2.45, 2.75) is 37.8 Å². The summed E-state index contributed by atoms with van der Waals surface area (Å²) in [5.41, 5.74) is -0.339. The van der Waals surface area contributed by atoms with Crippen LogP contribution in [0, 0.1) is 6.57 Å². The molecule has 1 fully saturated rings. The molecule has 1 heterocycles. The molecule has 0 bridgehead atoms. The van der Waals surface area contributed by atoms with Crippen molar-refractivity contribution in [3.05, 3.63) is 11.4 Å². The number of methoxy groups -OCH3 is 1. The highest BCUT2D eigenvalue weighted by Gasteiger charge is 2.43. The molecule has 0 saturated carbocycles. The minimum atomic E-state index is -0.339. The van der Waals surface area contributed by atoms with Crippen molar-refractivity contribution in [2.24, 2.45) is 0 Å². The topological polar surface area (TPSA) is 22.8 Å². The molecule has 0 aromatic carbocycles. The molecule has 0 aromatic rings. The number of hydrogen-bond acceptors (Lipinski definition) is 2. The summed E-state index contributed by atoms with van der Waals surface area (Å²) in [7, 11) is 1.66. The number of ether oxygens (including phenoxy) is 2. The summed E-state index contributed by atoms with van der Waals surface area (Å²) in [6.45, 7) is 10.3. The standard InChI is InChI=1S/C10H17NO2/c1-9(11-2)10(8-12-3)6-4-5-7-13-10/h9H,4-8H2,1,3H3. The zero-order valence-corrected chi connectivity index (χ0v) is 8.38. The summed E-state index contributed by atoms with van der Waals surface area (Å²) in [5.74, 6) is 0. The summed E-state index contributed by atoms with van der Waals surface area (Å²) in [6, 6.07) is -0.104. The lowest BCUT2D eigenvalue weighted by molar-refractivity contribution is -0.120. The van der Waals surface area contributed by atoms with Crippen LogP contribution in [0.4, 0.5) is 0 Å². The van der Waals surface area contributed by atoms with E-state index in [1.165, 1.54) is 0 Å². The normalized spacial score (nSPS) is 30.8. The highest BCUT2D eigenvalue weighted by atomic mass is 16.5. The van der Waals surface area contributed by atoms with Gasteiger partial charge >= 0.3 is 0 Å². The van der Waals surface area contributed by atoms with Crippen LogP contribution < -0.4 is 0 Å². The van der Waals surface area contributed by atoms with E-state index in [9.17, 15) is 0 Å². The molecule has 2 atom stereocenters. The third kappa shape index (κ3) is 2.20. The Hall–Kier alpha value is -0.590. The van der Waals surface area contributed by atoms with E-state index in [2.05, 4.69) is 4.85 Å². The fourth-order valence-corrected chi connectivity index (χ4v) is 1.80. The van der Waals surface area contributed by atoms with E-state index in [1.54, 1.807) is 7.11 Å². The van der Waals surface area contributed by atoms with Crippen LogP contribution in [0.2, 0.25) is 0 Å². The molecule has 0 amide bonds. The van der Waals surface area contributed by atoms with E-state index < -0.39 is 0 Å². The molecule has 74 valence electrons. The van der Waals surface area contributed by atoms with Gasteiger partial charge in [0.2, 0.25) is 0 Å². The minimum Gasteiger partial charge on any atom is -0.381 e. The number of nitrogens with zero attached hydrogens (tertiary/aromatic N) is 1. The Kier molecular flexibility index (Phi) is 3.71. The average molecular weight is 183 g/mol. The van der Waals surface area contributed by atoms with Gasteiger partial charge in [0.05, 0.1) is 6.61 Å². The van der Waals surface area contributed by atoms with Gasteiger partial charge in [0, 0.05) is 20.6 Å². The predicted molar refractivity (Wildman–Crippen MR) is 50.5 cm³/mol. The zero-order valence-electron chi connectivity index (χ0n) is 8.38. The van der Waals surface area contributed by atoms with Gasteiger partial charge in [-0.3, -0.25) is 0 Å². The molecule has 0 radical (unpaired) electrons. The Balaban J connectivity index is 2.67. The Morgan fingerprint density at radius 3 is 2.85 bits per heavy atom. The second kappa shape index (κ2) is 4.59. The summed E-state index contributed by atoms with van der Waals surface area (Å²) < 4.78 is 10.9. The van der Waals surface area contributed by atoms with Gasteiger partial charge in [-0.05, 0) is 19.3 Å². The van der Waals surface area contributed by atoms with Crippen LogP contribution in [0.1, 0.15) is 26.2 Å². The third-order valence-corrected chi connectivity index (χ3v) is 2.73. The SMILES string of the molecule is [C-]#[N+]C(C)C1(COC)CCCCO1. The lowest BCUT2D eigenvalue weighted by atomic mass is 9.88. The Labute approximate surface area is 79.8 Å². The van der Waals surface area contributed by atoms with Gasteiger partial charge in [-0.25, -0.2) is 6.57 Å². The molecule has 13 heavy (non-hydrogen) atoms. The van der Waals surface area contributed by atoms with Crippen LogP contribution in [0.3, 0.4) is 0 Å². The van der Waals surface area contributed by atoms with Crippen LogP contribution >= 0.6 is 0 Å². The van der Waals surface area contributed by atoms with Crippen LogP contribution in [-0.2, 0) is 9.47 Å². The highest BCUT2D eigenvalue weighted by molar-refractivity contribution is 4.98. The molecule has 0 aromatic heterocycles. The minimum absolute atomic E-state index is 0.104. The maximum absolute atomic E-state index is 7.04.